The normalized spacial score (nSPS) is 27.2. The summed E-state index contributed by atoms with van der Waals surface area (Å²) in [5, 5.41) is 9.30. The van der Waals surface area contributed by atoms with Crippen molar-refractivity contribution in [3.05, 3.63) is 17.7 Å². The van der Waals surface area contributed by atoms with E-state index in [-0.39, 0.29) is 0 Å². The molecule has 0 amide bonds. The first-order valence-electron chi connectivity index (χ1n) is 7.61. The largest absolute Gasteiger partial charge is 0.480 e. The van der Waals surface area contributed by atoms with Gasteiger partial charge in [0, 0.05) is 19.2 Å². The molecule has 0 spiro atoms. The molecular weight excluding hydrogens is 254 g/mol. The molecule has 2 aliphatic rings. The fourth-order valence-corrected chi connectivity index (χ4v) is 3.61. The molecule has 0 saturated carbocycles. The lowest BCUT2D eigenvalue weighted by Crippen LogP contribution is -2.33. The minimum absolute atomic E-state index is 0.408. The van der Waals surface area contributed by atoms with Crippen LogP contribution in [0.15, 0.2) is 6.20 Å². The Hall–Kier alpha value is -1.36. The Bertz CT molecular complexity index is 497. The molecule has 0 bridgehead atoms. The average molecular weight is 277 g/mol. The number of hydrogen-bond acceptors (Lipinski definition) is 3. The monoisotopic (exact) mass is 277 g/mol. The van der Waals surface area contributed by atoms with Crippen LogP contribution in [0.25, 0.3) is 0 Å². The number of imidazole rings is 1. The number of aromatic nitrogens is 2. The summed E-state index contributed by atoms with van der Waals surface area (Å²) in [6.07, 6.45) is 8.05. The minimum atomic E-state index is -0.729. The van der Waals surface area contributed by atoms with Crippen LogP contribution in [-0.2, 0) is 17.6 Å². The quantitative estimate of drug-likeness (QED) is 0.914. The molecule has 1 aromatic rings. The number of likely N-dealkylation sites (tertiary alicyclic amines) is 1. The van der Waals surface area contributed by atoms with Gasteiger partial charge in [-0.25, -0.2) is 9.78 Å². The first-order valence-corrected chi connectivity index (χ1v) is 7.61. The lowest BCUT2D eigenvalue weighted by Gasteiger charge is -2.29. The Morgan fingerprint density at radius 1 is 1.45 bits per heavy atom. The summed E-state index contributed by atoms with van der Waals surface area (Å²) in [5.74, 6) is 0.893. The van der Waals surface area contributed by atoms with E-state index in [0.29, 0.717) is 5.92 Å². The molecule has 110 valence electrons. The maximum Gasteiger partial charge on any atom is 0.326 e. The van der Waals surface area contributed by atoms with Crippen LogP contribution in [0, 0.1) is 5.92 Å². The Morgan fingerprint density at radius 3 is 3.05 bits per heavy atom. The van der Waals surface area contributed by atoms with E-state index in [1.807, 2.05) is 10.8 Å². The molecule has 0 radical (unpaired) electrons. The highest BCUT2D eigenvalue weighted by molar-refractivity contribution is 5.72. The molecule has 5 heteroatoms. The van der Waals surface area contributed by atoms with E-state index in [9.17, 15) is 9.90 Å². The van der Waals surface area contributed by atoms with Gasteiger partial charge in [-0.3, -0.25) is 0 Å². The van der Waals surface area contributed by atoms with Gasteiger partial charge < -0.3 is 14.6 Å². The summed E-state index contributed by atoms with van der Waals surface area (Å²) in [6.45, 7) is 2.32. The summed E-state index contributed by atoms with van der Waals surface area (Å²) >= 11 is 0. The van der Waals surface area contributed by atoms with Gasteiger partial charge in [0.25, 0.3) is 0 Å². The van der Waals surface area contributed by atoms with Crippen LogP contribution < -0.4 is 0 Å². The zero-order valence-electron chi connectivity index (χ0n) is 12.1. The molecule has 0 aliphatic carbocycles. The number of aliphatic carboxylic acids is 1. The first kappa shape index (κ1) is 13.6. The van der Waals surface area contributed by atoms with E-state index < -0.39 is 12.0 Å². The van der Waals surface area contributed by atoms with E-state index >= 15 is 0 Å². The number of carboxylic acids is 1. The molecule has 3 rings (SSSR count). The van der Waals surface area contributed by atoms with Crippen LogP contribution in [0.3, 0.4) is 0 Å². The highest BCUT2D eigenvalue weighted by atomic mass is 16.4. The minimum Gasteiger partial charge on any atom is -0.480 e. The van der Waals surface area contributed by atoms with Gasteiger partial charge in [0.1, 0.15) is 11.9 Å². The molecule has 20 heavy (non-hydrogen) atoms. The second-order valence-electron chi connectivity index (χ2n) is 6.28. The molecule has 1 N–H and O–H groups in total. The predicted molar refractivity (Wildman–Crippen MR) is 75.8 cm³/mol. The van der Waals surface area contributed by atoms with E-state index in [1.54, 1.807) is 0 Å². The average Bonchev–Trinajstić information content (AvgIpc) is 2.80. The third kappa shape index (κ3) is 2.73. The third-order valence-electron chi connectivity index (χ3n) is 4.58. The van der Waals surface area contributed by atoms with Gasteiger partial charge in [0.15, 0.2) is 0 Å². The molecule has 5 nitrogen and oxygen atoms in total. The highest BCUT2D eigenvalue weighted by Gasteiger charge is 2.27. The molecule has 1 saturated heterocycles. The Balaban J connectivity index is 1.74. The maximum absolute atomic E-state index is 11.3. The van der Waals surface area contributed by atoms with Crippen molar-refractivity contribution in [2.24, 2.45) is 5.92 Å². The summed E-state index contributed by atoms with van der Waals surface area (Å²) < 4.78 is 1.90. The Kier molecular flexibility index (Phi) is 3.78. The van der Waals surface area contributed by atoms with Crippen LogP contribution in [0.1, 0.15) is 43.2 Å². The third-order valence-corrected chi connectivity index (χ3v) is 4.58. The second-order valence-corrected chi connectivity index (χ2v) is 6.28. The zero-order valence-corrected chi connectivity index (χ0v) is 12.1. The van der Waals surface area contributed by atoms with Gasteiger partial charge in [-0.05, 0) is 51.6 Å². The van der Waals surface area contributed by atoms with Crippen molar-refractivity contribution >= 4 is 5.97 Å². The fourth-order valence-electron chi connectivity index (χ4n) is 3.61. The number of nitrogens with zero attached hydrogens (tertiary/aromatic N) is 3. The standard InChI is InChI=1S/C15H23N3O2/c1-17-7-3-4-11(9-17)8-12-10-18-13(15(19)20)5-2-6-14(18)16-12/h10-11,13H,2-9H2,1H3,(H,19,20). The number of hydrogen-bond donors (Lipinski definition) is 1. The maximum atomic E-state index is 11.3. The molecule has 2 unspecified atom stereocenters. The molecule has 2 atom stereocenters. The van der Waals surface area contributed by atoms with Crippen molar-refractivity contribution in [2.45, 2.75) is 44.6 Å². The molecular formula is C15H23N3O2. The number of fused-ring (bicyclic) bond motifs is 1. The number of carbonyl (C=O) groups is 1. The lowest BCUT2D eigenvalue weighted by molar-refractivity contribution is -0.141. The Labute approximate surface area is 119 Å². The highest BCUT2D eigenvalue weighted by Crippen LogP contribution is 2.27. The van der Waals surface area contributed by atoms with Crippen LogP contribution >= 0.6 is 0 Å². The molecule has 1 fully saturated rings. The van der Waals surface area contributed by atoms with Crippen molar-refractivity contribution in [3.63, 3.8) is 0 Å². The summed E-state index contributed by atoms with van der Waals surface area (Å²) in [4.78, 5) is 18.4. The van der Waals surface area contributed by atoms with Crippen LogP contribution in [0.5, 0.6) is 0 Å². The number of carboxylic acid groups (broad SMARTS) is 1. The predicted octanol–water partition coefficient (Wildman–Crippen LogP) is 1.73. The van der Waals surface area contributed by atoms with Crippen molar-refractivity contribution in [1.29, 1.82) is 0 Å². The number of aryl methyl sites for hydroxylation is 1. The van der Waals surface area contributed by atoms with E-state index in [1.165, 1.54) is 19.4 Å². The molecule has 3 heterocycles. The van der Waals surface area contributed by atoms with Crippen molar-refractivity contribution in [2.75, 3.05) is 20.1 Å². The topological polar surface area (TPSA) is 58.4 Å². The van der Waals surface area contributed by atoms with Crippen molar-refractivity contribution < 1.29 is 9.90 Å². The Morgan fingerprint density at radius 2 is 2.30 bits per heavy atom. The first-order chi connectivity index (χ1) is 9.63. The van der Waals surface area contributed by atoms with Gasteiger partial charge in [-0.2, -0.15) is 0 Å². The van der Waals surface area contributed by atoms with Gasteiger partial charge in [0.05, 0.1) is 5.69 Å². The van der Waals surface area contributed by atoms with Gasteiger partial charge >= 0.3 is 5.97 Å². The van der Waals surface area contributed by atoms with Crippen LogP contribution in [0.4, 0.5) is 0 Å². The van der Waals surface area contributed by atoms with Gasteiger partial charge in [0.2, 0.25) is 0 Å². The second kappa shape index (κ2) is 5.56. The van der Waals surface area contributed by atoms with Crippen LogP contribution in [0.2, 0.25) is 0 Å². The van der Waals surface area contributed by atoms with E-state index in [0.717, 1.165) is 43.7 Å². The van der Waals surface area contributed by atoms with Gasteiger partial charge in [-0.1, -0.05) is 0 Å². The van der Waals surface area contributed by atoms with E-state index in [4.69, 9.17) is 0 Å². The zero-order chi connectivity index (χ0) is 14.1. The summed E-state index contributed by atoms with van der Waals surface area (Å²) in [5.41, 5.74) is 1.08. The van der Waals surface area contributed by atoms with Gasteiger partial charge in [-0.15, -0.1) is 0 Å². The summed E-state index contributed by atoms with van der Waals surface area (Å²) in [6, 6.07) is -0.408. The van der Waals surface area contributed by atoms with Crippen molar-refractivity contribution in [1.82, 2.24) is 14.5 Å². The summed E-state index contributed by atoms with van der Waals surface area (Å²) in [7, 11) is 2.17. The van der Waals surface area contributed by atoms with Crippen LogP contribution in [-0.4, -0.2) is 45.7 Å². The van der Waals surface area contributed by atoms with E-state index in [2.05, 4.69) is 16.9 Å². The number of rotatable bonds is 3. The molecule has 2 aliphatic heterocycles. The fraction of sp³-hybridized carbons (Fsp3) is 0.733. The smallest absolute Gasteiger partial charge is 0.326 e. The molecule has 0 aromatic carbocycles. The number of piperidine rings is 1. The van der Waals surface area contributed by atoms with Crippen molar-refractivity contribution in [3.8, 4) is 0 Å². The molecule has 1 aromatic heterocycles. The lowest BCUT2D eigenvalue weighted by atomic mass is 9.94. The SMILES string of the molecule is CN1CCCC(Cc2cn3c(n2)CCCC3C(=O)O)C1.